The Morgan fingerprint density at radius 2 is 0.938 bits per heavy atom. The highest BCUT2D eigenvalue weighted by Crippen LogP contribution is 2.40. The molecule has 2 amide bonds. The molecule has 3 aliphatic heterocycles. The second-order valence-electron chi connectivity index (χ2n) is 19.5. The number of nitrogens with zero attached hydrogens (tertiary/aromatic N) is 1. The smallest absolute Gasteiger partial charge is 0.306 e. The molecule has 5 aromatic carbocycles. The first kappa shape index (κ1) is 60.7. The van der Waals surface area contributed by atoms with Crippen LogP contribution < -0.4 is 0 Å². The van der Waals surface area contributed by atoms with E-state index in [2.05, 4.69) is 0 Å². The number of Topliss-reactive ketones (excluding diaryl/α,β-unsaturated/α-hetero) is 2. The Kier molecular flexibility index (Phi) is 21.7. The first-order valence-corrected chi connectivity index (χ1v) is 27.3. The summed E-state index contributed by atoms with van der Waals surface area (Å²) in [7, 11) is 0. The highest BCUT2D eigenvalue weighted by atomic mass is 35.6. The normalized spacial score (nSPS) is 23.5. The Bertz CT molecular complexity index is 2900. The van der Waals surface area contributed by atoms with E-state index in [1.165, 1.54) is 26.0 Å². The number of esters is 2. The standard InChI is InChI=1S/C60H61Cl3N2O16/c1-37(66)27-29-47(68)73-36-46-50(74-32-40-19-9-4-10-20-40)53(79-48(69)30-28-38(2)67)54(76-34-42-23-13-6-14-24-42)58(78-46)80-51-45(35-72-31-39-17-7-3-8-18-39)77-57(81-59(64)60(61,62)63)49(52(51)75-33-41-21-11-5-12-22-41)65-55(70)43-25-15-16-26-44(43)56(65)71/h3-26,45-46,49-54,57-58,64H,27-36H2,1-2H3/t45-,46-,49-,50+,51-,52-,53+,54-,57+,58+/m1/s1. The molecule has 0 radical (unpaired) electrons. The summed E-state index contributed by atoms with van der Waals surface area (Å²) >= 11 is 18.8. The Morgan fingerprint density at radius 1 is 0.506 bits per heavy atom. The van der Waals surface area contributed by atoms with E-state index < -0.39 is 101 Å². The molecule has 428 valence electrons. The van der Waals surface area contributed by atoms with Crippen molar-refractivity contribution in [1.82, 2.24) is 4.90 Å². The van der Waals surface area contributed by atoms with Crippen molar-refractivity contribution in [3.63, 3.8) is 0 Å². The number of nitrogens with one attached hydrogen (secondary N) is 1. The molecule has 2 saturated heterocycles. The van der Waals surface area contributed by atoms with Crippen LogP contribution in [0.5, 0.6) is 0 Å². The maximum atomic E-state index is 14.8. The largest absolute Gasteiger partial charge is 0.463 e. The van der Waals surface area contributed by atoms with E-state index in [1.807, 2.05) is 84.9 Å². The van der Waals surface area contributed by atoms with Gasteiger partial charge >= 0.3 is 11.9 Å². The third-order valence-electron chi connectivity index (χ3n) is 13.4. The lowest BCUT2D eigenvalue weighted by Gasteiger charge is -2.51. The molecule has 0 aromatic heterocycles. The highest BCUT2D eigenvalue weighted by Gasteiger charge is 2.59. The summed E-state index contributed by atoms with van der Waals surface area (Å²) in [4.78, 5) is 82.2. The van der Waals surface area contributed by atoms with Crippen molar-refractivity contribution >= 4 is 76.0 Å². The fourth-order valence-electron chi connectivity index (χ4n) is 9.38. The van der Waals surface area contributed by atoms with Gasteiger partial charge in [0, 0.05) is 12.8 Å². The first-order valence-electron chi connectivity index (χ1n) is 26.2. The first-order chi connectivity index (χ1) is 39.0. The number of amides is 2. The zero-order chi connectivity index (χ0) is 57.5. The minimum absolute atomic E-state index is 0.0405. The van der Waals surface area contributed by atoms with Crippen LogP contribution in [0.15, 0.2) is 146 Å². The van der Waals surface area contributed by atoms with Crippen LogP contribution in [0.25, 0.3) is 0 Å². The molecule has 8 rings (SSSR count). The Morgan fingerprint density at radius 3 is 1.43 bits per heavy atom. The second-order valence-corrected chi connectivity index (χ2v) is 21.8. The number of ketones is 2. The van der Waals surface area contributed by atoms with Crippen molar-refractivity contribution in [1.29, 1.82) is 5.41 Å². The number of alkyl halides is 3. The topological polar surface area (TPSA) is 222 Å². The molecule has 5 aromatic rings. The van der Waals surface area contributed by atoms with Crippen molar-refractivity contribution in [2.75, 3.05) is 13.2 Å². The lowest BCUT2D eigenvalue weighted by molar-refractivity contribution is -0.360. The van der Waals surface area contributed by atoms with Crippen LogP contribution in [-0.2, 0) is 93.0 Å². The maximum Gasteiger partial charge on any atom is 0.306 e. The van der Waals surface area contributed by atoms with Gasteiger partial charge in [0.1, 0.15) is 60.8 Å². The number of hydrogen-bond acceptors (Lipinski definition) is 17. The summed E-state index contributed by atoms with van der Waals surface area (Å²) < 4.78 is 63.4. The number of fused-ring (bicyclic) bond motifs is 1. The molecule has 0 aliphatic carbocycles. The van der Waals surface area contributed by atoms with Gasteiger partial charge in [-0.05, 0) is 48.2 Å². The predicted molar refractivity (Wildman–Crippen MR) is 294 cm³/mol. The van der Waals surface area contributed by atoms with E-state index in [0.717, 1.165) is 10.5 Å². The van der Waals surface area contributed by atoms with Crippen LogP contribution in [-0.4, -0.2) is 124 Å². The van der Waals surface area contributed by atoms with E-state index in [-0.39, 0.29) is 81.4 Å². The minimum Gasteiger partial charge on any atom is -0.463 e. The quantitative estimate of drug-likeness (QED) is 0.0179. The molecular weight excluding hydrogens is 1110 g/mol. The van der Waals surface area contributed by atoms with Crippen molar-refractivity contribution in [2.45, 2.75) is 131 Å². The van der Waals surface area contributed by atoms with Gasteiger partial charge in [-0.15, -0.1) is 0 Å². The van der Waals surface area contributed by atoms with Gasteiger partial charge < -0.3 is 57.0 Å². The van der Waals surface area contributed by atoms with E-state index >= 15 is 0 Å². The van der Waals surface area contributed by atoms with Crippen LogP contribution >= 0.6 is 34.8 Å². The third kappa shape index (κ3) is 16.6. The molecule has 3 aliphatic rings. The van der Waals surface area contributed by atoms with Gasteiger partial charge in [0.25, 0.3) is 15.6 Å². The minimum atomic E-state index is -2.47. The lowest BCUT2D eigenvalue weighted by Crippen LogP contribution is -2.69. The molecule has 10 atom stereocenters. The summed E-state index contributed by atoms with van der Waals surface area (Å²) in [5, 5.41) is 8.81. The number of halogens is 3. The third-order valence-corrected chi connectivity index (χ3v) is 13.9. The van der Waals surface area contributed by atoms with E-state index in [4.69, 9.17) is 87.6 Å². The number of imide groups is 1. The van der Waals surface area contributed by atoms with Crippen LogP contribution in [0.1, 0.15) is 82.5 Å². The SMILES string of the molecule is CC(=O)CCC(=O)OC[C@H]1O[C@@H](O[C@H]2[C@H](OCc3ccccc3)[C@@H](N3C(=O)c4ccccc4C3=O)[C@H](OC(=N)C(Cl)(Cl)Cl)O[C@@H]2COCc2ccccc2)[C@H](OCc2ccccc2)[C@@H](OC(=O)CCC(C)=O)[C@H]1OCc1ccccc1. The molecule has 2 fully saturated rings. The zero-order valence-corrected chi connectivity index (χ0v) is 46.6. The van der Waals surface area contributed by atoms with Crippen LogP contribution in [0, 0.1) is 5.41 Å². The molecule has 3 heterocycles. The summed E-state index contributed by atoms with van der Waals surface area (Å²) in [6, 6.07) is 40.8. The summed E-state index contributed by atoms with van der Waals surface area (Å²) in [6.07, 6.45) is -14.3. The lowest BCUT2D eigenvalue weighted by atomic mass is 9.93. The van der Waals surface area contributed by atoms with E-state index in [1.54, 1.807) is 48.5 Å². The Balaban J connectivity index is 1.28. The molecule has 0 saturated carbocycles. The maximum absolute atomic E-state index is 14.8. The average Bonchev–Trinajstić information content (AvgIpc) is 3.34. The Hall–Kier alpha value is -6.42. The molecule has 1 N–H and O–H groups in total. The van der Waals surface area contributed by atoms with Crippen LogP contribution in [0.2, 0.25) is 0 Å². The van der Waals surface area contributed by atoms with E-state index in [9.17, 15) is 28.8 Å². The number of carbonyl (C=O) groups is 6. The average molecular weight is 1170 g/mol. The predicted octanol–water partition coefficient (Wildman–Crippen LogP) is 9.02. The zero-order valence-electron chi connectivity index (χ0n) is 44.3. The van der Waals surface area contributed by atoms with Gasteiger partial charge in [0.2, 0.25) is 12.2 Å². The summed E-state index contributed by atoms with van der Waals surface area (Å²) in [5.74, 6) is -4.55. The highest BCUT2D eigenvalue weighted by molar-refractivity contribution is 6.76. The number of carbonyl (C=O) groups excluding carboxylic acids is 6. The number of rotatable bonds is 26. The summed E-state index contributed by atoms with van der Waals surface area (Å²) in [5.41, 5.74) is 2.91. The molecule has 81 heavy (non-hydrogen) atoms. The van der Waals surface area contributed by atoms with Gasteiger partial charge in [-0.2, -0.15) is 0 Å². The van der Waals surface area contributed by atoms with Crippen LogP contribution in [0.4, 0.5) is 0 Å². The molecular formula is C60H61Cl3N2O16. The number of benzene rings is 5. The van der Waals surface area contributed by atoms with Crippen molar-refractivity contribution in [2.24, 2.45) is 0 Å². The number of hydrogen-bond donors (Lipinski definition) is 1. The van der Waals surface area contributed by atoms with Gasteiger partial charge in [-0.3, -0.25) is 29.5 Å². The van der Waals surface area contributed by atoms with Gasteiger partial charge in [0.05, 0.1) is 57.0 Å². The molecule has 0 unspecified atom stereocenters. The van der Waals surface area contributed by atoms with Gasteiger partial charge in [0.15, 0.2) is 12.4 Å². The van der Waals surface area contributed by atoms with Gasteiger partial charge in [-0.25, -0.2) is 0 Å². The van der Waals surface area contributed by atoms with Crippen molar-refractivity contribution in [3.8, 4) is 0 Å². The molecule has 0 bridgehead atoms. The van der Waals surface area contributed by atoms with E-state index in [0.29, 0.717) is 16.7 Å². The van der Waals surface area contributed by atoms with Gasteiger partial charge in [-0.1, -0.05) is 168 Å². The summed E-state index contributed by atoms with van der Waals surface area (Å²) in [6.45, 7) is 1.49. The monoisotopic (exact) mass is 1170 g/mol. The Labute approximate surface area is 483 Å². The van der Waals surface area contributed by atoms with Crippen LogP contribution in [0.3, 0.4) is 0 Å². The van der Waals surface area contributed by atoms with Crippen molar-refractivity contribution in [3.05, 3.63) is 179 Å². The van der Waals surface area contributed by atoms with Crippen molar-refractivity contribution < 1.29 is 76.1 Å². The molecule has 0 spiro atoms. The fraction of sp³-hybridized carbons (Fsp3) is 0.383. The molecule has 18 nitrogen and oxygen atoms in total. The number of ether oxygens (including phenoxy) is 10. The fourth-order valence-corrected chi connectivity index (χ4v) is 9.52. The molecule has 21 heteroatoms. The second kappa shape index (κ2) is 29.0.